The zero-order chi connectivity index (χ0) is 27.7. The number of benzene rings is 1. The first-order chi connectivity index (χ1) is 17.4. The molecule has 0 aromatic heterocycles. The van der Waals surface area contributed by atoms with Crippen molar-refractivity contribution in [2.45, 2.75) is 58.3 Å². The number of hydrogen-bond donors (Lipinski definition) is 4. The highest BCUT2D eigenvalue weighted by Crippen LogP contribution is 2.28. The molecule has 2 rings (SSSR count). The van der Waals surface area contributed by atoms with Gasteiger partial charge in [0, 0.05) is 33.3 Å². The van der Waals surface area contributed by atoms with Gasteiger partial charge in [0.2, 0.25) is 0 Å². The lowest BCUT2D eigenvalue weighted by atomic mass is 9.97. The second kappa shape index (κ2) is 13.4. The van der Waals surface area contributed by atoms with Crippen molar-refractivity contribution in [3.8, 4) is 5.75 Å². The van der Waals surface area contributed by atoms with Crippen LogP contribution in [0.4, 0.5) is 0 Å². The Bertz CT molecular complexity index is 1030. The molecule has 1 heterocycles. The number of hydrogen-bond acceptors (Lipinski definition) is 12. The number of amides is 1. The summed E-state index contributed by atoms with van der Waals surface area (Å²) in [4.78, 5) is 59.1. The third-order valence-corrected chi connectivity index (χ3v) is 4.90. The summed E-state index contributed by atoms with van der Waals surface area (Å²) in [6, 6.07) is 5.40. The van der Waals surface area contributed by atoms with Crippen LogP contribution in [0.1, 0.15) is 38.1 Å². The highest BCUT2D eigenvalue weighted by Gasteiger charge is 2.52. The topological polar surface area (TPSA) is 188 Å². The van der Waals surface area contributed by atoms with E-state index in [1.54, 1.807) is 0 Å². The van der Waals surface area contributed by atoms with Crippen LogP contribution in [0.15, 0.2) is 24.3 Å². The van der Waals surface area contributed by atoms with Crippen molar-refractivity contribution < 1.29 is 52.8 Å². The smallest absolute Gasteiger partial charge is 0.303 e. The molecule has 1 saturated heterocycles. The number of ether oxygens (including phenoxy) is 5. The van der Waals surface area contributed by atoms with Gasteiger partial charge in [-0.3, -0.25) is 34.8 Å². The second-order valence-corrected chi connectivity index (χ2v) is 8.13. The summed E-state index contributed by atoms with van der Waals surface area (Å²) in [7, 11) is 0. The molecular formula is C22H27N3O11S. The first kappa shape index (κ1) is 29.3. The molecule has 37 heavy (non-hydrogen) atoms. The zero-order valence-corrected chi connectivity index (χ0v) is 21.2. The van der Waals surface area contributed by atoms with E-state index in [9.17, 15) is 29.1 Å². The van der Waals surface area contributed by atoms with Crippen LogP contribution in [0.5, 0.6) is 5.75 Å². The van der Waals surface area contributed by atoms with Crippen LogP contribution >= 0.6 is 12.2 Å². The Labute approximate surface area is 216 Å². The predicted molar refractivity (Wildman–Crippen MR) is 126 cm³/mol. The minimum Gasteiger partial charge on any atom is -0.508 e. The molecule has 0 unspecified atom stereocenters. The number of hydrazine groups is 1. The Morgan fingerprint density at radius 1 is 0.838 bits per heavy atom. The molecule has 1 aliphatic rings. The van der Waals surface area contributed by atoms with E-state index < -0.39 is 67.0 Å². The van der Waals surface area contributed by atoms with E-state index in [4.69, 9.17) is 35.9 Å². The third-order valence-electron chi connectivity index (χ3n) is 4.68. The highest BCUT2D eigenvalue weighted by molar-refractivity contribution is 7.80. The molecule has 1 amide bonds. The fourth-order valence-electron chi connectivity index (χ4n) is 3.31. The van der Waals surface area contributed by atoms with E-state index in [-0.39, 0.29) is 16.4 Å². The Morgan fingerprint density at radius 3 is 1.92 bits per heavy atom. The molecule has 1 aliphatic heterocycles. The van der Waals surface area contributed by atoms with Gasteiger partial charge >= 0.3 is 23.9 Å². The molecular weight excluding hydrogens is 514 g/mol. The largest absolute Gasteiger partial charge is 0.508 e. The number of rotatable bonds is 7. The van der Waals surface area contributed by atoms with Gasteiger partial charge in [-0.1, -0.05) is 0 Å². The summed E-state index contributed by atoms with van der Waals surface area (Å²) >= 11 is 5.19. The van der Waals surface area contributed by atoms with E-state index >= 15 is 0 Å². The minimum absolute atomic E-state index is 0.0228. The van der Waals surface area contributed by atoms with E-state index in [1.807, 2.05) is 0 Å². The predicted octanol–water partition coefficient (Wildman–Crippen LogP) is -0.416. The molecule has 0 aliphatic carbocycles. The van der Waals surface area contributed by atoms with Gasteiger partial charge in [0.25, 0.3) is 5.91 Å². The van der Waals surface area contributed by atoms with E-state index in [1.165, 1.54) is 24.3 Å². The van der Waals surface area contributed by atoms with Crippen molar-refractivity contribution in [2.75, 3.05) is 6.61 Å². The van der Waals surface area contributed by atoms with Crippen molar-refractivity contribution >= 4 is 47.1 Å². The molecule has 4 N–H and O–H groups in total. The summed E-state index contributed by atoms with van der Waals surface area (Å²) in [5, 5.41) is 11.8. The van der Waals surface area contributed by atoms with Gasteiger partial charge < -0.3 is 34.1 Å². The quantitative estimate of drug-likeness (QED) is 0.151. The third kappa shape index (κ3) is 9.20. The Kier molecular flexibility index (Phi) is 10.6. The van der Waals surface area contributed by atoms with Gasteiger partial charge in [-0.15, -0.1) is 0 Å². The van der Waals surface area contributed by atoms with E-state index in [0.717, 1.165) is 27.7 Å². The van der Waals surface area contributed by atoms with Crippen molar-refractivity contribution in [2.24, 2.45) is 0 Å². The van der Waals surface area contributed by atoms with Crippen molar-refractivity contribution in [1.82, 2.24) is 16.2 Å². The van der Waals surface area contributed by atoms with Crippen LogP contribution < -0.4 is 16.2 Å². The zero-order valence-electron chi connectivity index (χ0n) is 20.3. The lowest BCUT2D eigenvalue weighted by molar-refractivity contribution is -0.254. The second-order valence-electron chi connectivity index (χ2n) is 7.72. The van der Waals surface area contributed by atoms with Gasteiger partial charge in [-0.05, 0) is 36.5 Å². The summed E-state index contributed by atoms with van der Waals surface area (Å²) in [5.41, 5.74) is 4.98. The number of esters is 4. The Balaban J connectivity index is 2.25. The number of carbonyl (C=O) groups excluding carboxylic acids is 5. The minimum atomic E-state index is -1.38. The lowest BCUT2D eigenvalue weighted by Crippen LogP contribution is -2.67. The van der Waals surface area contributed by atoms with Gasteiger partial charge in [0.05, 0.1) is 0 Å². The van der Waals surface area contributed by atoms with Crippen molar-refractivity contribution in [3.05, 3.63) is 29.8 Å². The fourth-order valence-corrected chi connectivity index (χ4v) is 3.48. The Morgan fingerprint density at radius 2 is 1.38 bits per heavy atom. The first-order valence-corrected chi connectivity index (χ1v) is 11.2. The molecule has 0 spiro atoms. The van der Waals surface area contributed by atoms with Crippen LogP contribution in [0.2, 0.25) is 0 Å². The standard InChI is InChI=1S/C22H27N3O11S/c1-10(26)32-9-16-17(33-11(2)27)18(34-12(3)28)19(35-13(4)29)21(36-16)23-22(37)25-24-20(31)14-5-7-15(30)8-6-14/h5-8,16-19,21,30H,9H2,1-4H3,(H,24,31)(H2,23,25,37)/t16-,17-,18+,19-,21-/m1/s1. The van der Waals surface area contributed by atoms with Crippen molar-refractivity contribution in [1.29, 1.82) is 0 Å². The molecule has 1 fully saturated rings. The van der Waals surface area contributed by atoms with Crippen molar-refractivity contribution in [3.63, 3.8) is 0 Å². The number of thiocarbonyl (C=S) groups is 1. The monoisotopic (exact) mass is 541 g/mol. The maximum Gasteiger partial charge on any atom is 0.303 e. The normalized spacial score (nSPS) is 22.5. The average Bonchev–Trinajstić information content (AvgIpc) is 2.79. The number of carbonyl (C=O) groups is 5. The highest BCUT2D eigenvalue weighted by atomic mass is 32.1. The summed E-state index contributed by atoms with van der Waals surface area (Å²) in [5.74, 6) is -3.60. The summed E-state index contributed by atoms with van der Waals surface area (Å²) in [6.45, 7) is 4.05. The molecule has 14 nitrogen and oxygen atoms in total. The van der Waals surface area contributed by atoms with Crippen LogP contribution in [0, 0.1) is 0 Å². The van der Waals surface area contributed by atoms with Crippen LogP contribution in [-0.4, -0.2) is 77.3 Å². The number of aromatic hydroxyl groups is 1. The van der Waals surface area contributed by atoms with Gasteiger partial charge in [-0.2, -0.15) is 0 Å². The molecule has 5 atom stereocenters. The summed E-state index contributed by atoms with van der Waals surface area (Å²) < 4.78 is 26.8. The van der Waals surface area contributed by atoms with Crippen LogP contribution in [0.3, 0.4) is 0 Å². The Hall–Kier alpha value is -3.98. The molecule has 0 saturated carbocycles. The number of phenolic OH excluding ortho intramolecular Hbond substituents is 1. The summed E-state index contributed by atoms with van der Waals surface area (Å²) in [6.07, 6.45) is -6.57. The van der Waals surface area contributed by atoms with Gasteiger partial charge in [-0.25, -0.2) is 0 Å². The molecule has 0 bridgehead atoms. The molecule has 1 aromatic carbocycles. The maximum absolute atomic E-state index is 12.3. The van der Waals surface area contributed by atoms with Gasteiger partial charge in [0.15, 0.2) is 29.7 Å². The lowest BCUT2D eigenvalue weighted by Gasteiger charge is -2.44. The average molecular weight is 542 g/mol. The molecule has 15 heteroatoms. The van der Waals surface area contributed by atoms with Gasteiger partial charge in [0.1, 0.15) is 18.5 Å². The molecule has 1 aromatic rings. The maximum atomic E-state index is 12.3. The van der Waals surface area contributed by atoms with E-state index in [2.05, 4.69) is 16.2 Å². The van der Waals surface area contributed by atoms with E-state index in [0.29, 0.717) is 0 Å². The molecule has 0 radical (unpaired) electrons. The first-order valence-electron chi connectivity index (χ1n) is 10.8. The SMILES string of the molecule is CC(=O)OC[C@H]1O[C@@H](NC(=S)NNC(=O)c2ccc(O)cc2)[C@H](OC(C)=O)[C@@H](OC(C)=O)[C@@H]1OC(C)=O. The van der Waals surface area contributed by atoms with Crippen LogP contribution in [0.25, 0.3) is 0 Å². The molecule has 202 valence electrons. The number of nitrogens with one attached hydrogen (secondary N) is 3. The van der Waals surface area contributed by atoms with Crippen LogP contribution in [-0.2, 0) is 42.9 Å². The number of phenols is 1. The fraction of sp³-hybridized carbons (Fsp3) is 0.455.